The first-order valence-electron chi connectivity index (χ1n) is 9.87. The summed E-state index contributed by atoms with van der Waals surface area (Å²) >= 11 is 12.5. The molecule has 0 aromatic heterocycles. The van der Waals surface area contributed by atoms with E-state index in [0.717, 1.165) is 56.1 Å². The van der Waals surface area contributed by atoms with E-state index in [1.807, 2.05) is 35.2 Å². The molecule has 0 N–H and O–H groups in total. The molecule has 0 saturated carbocycles. The minimum atomic E-state index is -0.00381. The molecule has 0 aliphatic carbocycles. The zero-order valence-corrected chi connectivity index (χ0v) is 18.0. The molecule has 2 aromatic rings. The zero-order chi connectivity index (χ0) is 20.4. The zero-order valence-electron chi connectivity index (χ0n) is 16.5. The molecule has 4 rings (SSSR count). The van der Waals surface area contributed by atoms with Gasteiger partial charge in [-0.05, 0) is 35.4 Å². The average Bonchev–Trinajstić information content (AvgIpc) is 3.04. The van der Waals surface area contributed by atoms with Gasteiger partial charge in [-0.2, -0.15) is 0 Å². The lowest BCUT2D eigenvalue weighted by molar-refractivity contribution is 0.0767. The number of carbonyl (C=O) groups is 1. The monoisotopic (exact) mass is 433 g/mol. The third kappa shape index (κ3) is 4.53. The Labute approximate surface area is 181 Å². The molecular weight excluding hydrogens is 409 g/mol. The van der Waals surface area contributed by atoms with E-state index < -0.39 is 0 Å². The first-order chi connectivity index (χ1) is 14.0. The van der Waals surface area contributed by atoms with Gasteiger partial charge in [0.15, 0.2) is 0 Å². The summed E-state index contributed by atoms with van der Waals surface area (Å²) in [6.07, 6.45) is 0. The SMILES string of the molecule is COCCN1CCN(c2cc(Cl)c3c(c2)CN(Cc2ccc(Cl)cc2)C3=O)CC1. The number of ether oxygens (including phenoxy) is 1. The van der Waals surface area contributed by atoms with E-state index in [9.17, 15) is 4.79 Å². The van der Waals surface area contributed by atoms with Crippen molar-refractivity contribution in [1.29, 1.82) is 0 Å². The van der Waals surface area contributed by atoms with Gasteiger partial charge in [0.05, 0.1) is 17.2 Å². The number of nitrogens with zero attached hydrogens (tertiary/aromatic N) is 3. The summed E-state index contributed by atoms with van der Waals surface area (Å²) in [7, 11) is 1.74. The Bertz CT molecular complexity index is 880. The third-order valence-electron chi connectivity index (χ3n) is 5.65. The highest BCUT2D eigenvalue weighted by Gasteiger charge is 2.31. The number of methoxy groups -OCH3 is 1. The molecule has 2 aliphatic rings. The molecule has 1 saturated heterocycles. The fourth-order valence-electron chi connectivity index (χ4n) is 4.02. The van der Waals surface area contributed by atoms with Crippen molar-refractivity contribution in [3.8, 4) is 0 Å². The van der Waals surface area contributed by atoms with Gasteiger partial charge in [-0.1, -0.05) is 35.3 Å². The number of hydrogen-bond acceptors (Lipinski definition) is 4. The van der Waals surface area contributed by atoms with Gasteiger partial charge >= 0.3 is 0 Å². The number of anilines is 1. The topological polar surface area (TPSA) is 36.0 Å². The van der Waals surface area contributed by atoms with Crippen LogP contribution >= 0.6 is 23.2 Å². The molecule has 7 heteroatoms. The summed E-state index contributed by atoms with van der Waals surface area (Å²) in [5.41, 5.74) is 3.80. The maximum atomic E-state index is 12.9. The van der Waals surface area contributed by atoms with Crippen LogP contribution in [0, 0.1) is 0 Å². The van der Waals surface area contributed by atoms with Crippen LogP contribution in [-0.2, 0) is 17.8 Å². The molecule has 0 atom stereocenters. The van der Waals surface area contributed by atoms with Crippen LogP contribution in [0.25, 0.3) is 0 Å². The number of fused-ring (bicyclic) bond motifs is 1. The molecule has 0 bridgehead atoms. The minimum Gasteiger partial charge on any atom is -0.383 e. The van der Waals surface area contributed by atoms with Crippen molar-refractivity contribution < 1.29 is 9.53 Å². The highest BCUT2D eigenvalue weighted by molar-refractivity contribution is 6.34. The number of amides is 1. The standard InChI is InChI=1S/C22H25Cl2N3O2/c1-29-11-10-25-6-8-26(9-7-25)19-12-17-15-27(22(28)21(17)20(24)13-19)14-16-2-4-18(23)5-3-16/h2-5,12-13H,6-11,14-15H2,1H3. The second kappa shape index (κ2) is 8.92. The van der Waals surface area contributed by atoms with Crippen molar-refractivity contribution in [1.82, 2.24) is 9.80 Å². The molecule has 2 aliphatic heterocycles. The summed E-state index contributed by atoms with van der Waals surface area (Å²) in [5.74, 6) is -0.00381. The number of benzene rings is 2. The minimum absolute atomic E-state index is 0.00381. The van der Waals surface area contributed by atoms with Crippen molar-refractivity contribution in [3.05, 3.63) is 63.1 Å². The van der Waals surface area contributed by atoms with Gasteiger partial charge in [0.1, 0.15) is 0 Å². The lowest BCUT2D eigenvalue weighted by Crippen LogP contribution is -2.47. The Morgan fingerprint density at radius 1 is 1.03 bits per heavy atom. The predicted octanol–water partition coefficient (Wildman–Crippen LogP) is 3.92. The summed E-state index contributed by atoms with van der Waals surface area (Å²) in [5, 5.41) is 1.24. The summed E-state index contributed by atoms with van der Waals surface area (Å²) in [4.78, 5) is 19.5. The molecule has 154 valence electrons. The van der Waals surface area contributed by atoms with Crippen molar-refractivity contribution in [2.75, 3.05) is 51.3 Å². The Balaban J connectivity index is 1.46. The second-order valence-corrected chi connectivity index (χ2v) is 8.41. The Morgan fingerprint density at radius 2 is 1.76 bits per heavy atom. The van der Waals surface area contributed by atoms with Crippen LogP contribution in [0.3, 0.4) is 0 Å². The van der Waals surface area contributed by atoms with Crippen molar-refractivity contribution in [2.45, 2.75) is 13.1 Å². The van der Waals surface area contributed by atoms with Gasteiger partial charge in [0.2, 0.25) is 0 Å². The number of rotatable bonds is 6. The van der Waals surface area contributed by atoms with Crippen LogP contribution in [0.1, 0.15) is 21.5 Å². The fraction of sp³-hybridized carbons (Fsp3) is 0.409. The van der Waals surface area contributed by atoms with Crippen LogP contribution in [0.5, 0.6) is 0 Å². The average molecular weight is 434 g/mol. The van der Waals surface area contributed by atoms with Gasteiger partial charge < -0.3 is 14.5 Å². The van der Waals surface area contributed by atoms with Gasteiger partial charge in [-0.15, -0.1) is 0 Å². The fourth-order valence-corrected chi connectivity index (χ4v) is 4.46. The van der Waals surface area contributed by atoms with E-state index in [-0.39, 0.29) is 5.91 Å². The van der Waals surface area contributed by atoms with Crippen LogP contribution in [-0.4, -0.2) is 62.1 Å². The number of piperazine rings is 1. The molecule has 1 amide bonds. The van der Waals surface area contributed by atoms with Crippen molar-refractivity contribution in [2.24, 2.45) is 0 Å². The quantitative estimate of drug-likeness (QED) is 0.691. The maximum Gasteiger partial charge on any atom is 0.256 e. The Hall–Kier alpha value is -1.79. The largest absolute Gasteiger partial charge is 0.383 e. The second-order valence-electron chi connectivity index (χ2n) is 7.57. The molecule has 29 heavy (non-hydrogen) atoms. The molecular formula is C22H25Cl2N3O2. The first kappa shape index (κ1) is 20.5. The van der Waals surface area contributed by atoms with Crippen LogP contribution in [0.4, 0.5) is 5.69 Å². The lowest BCUT2D eigenvalue weighted by atomic mass is 10.1. The van der Waals surface area contributed by atoms with Gasteiger partial charge in [-0.25, -0.2) is 0 Å². The van der Waals surface area contributed by atoms with E-state index in [4.69, 9.17) is 27.9 Å². The van der Waals surface area contributed by atoms with E-state index in [1.165, 1.54) is 0 Å². The molecule has 0 spiro atoms. The molecule has 5 nitrogen and oxygen atoms in total. The van der Waals surface area contributed by atoms with Crippen LogP contribution in [0.2, 0.25) is 10.0 Å². The molecule has 0 radical (unpaired) electrons. The third-order valence-corrected chi connectivity index (χ3v) is 6.20. The molecule has 2 heterocycles. The van der Waals surface area contributed by atoms with E-state index in [2.05, 4.69) is 15.9 Å². The molecule has 0 unspecified atom stereocenters. The lowest BCUT2D eigenvalue weighted by Gasteiger charge is -2.36. The Kier molecular flexibility index (Phi) is 6.30. The van der Waals surface area contributed by atoms with Gasteiger partial charge in [0.25, 0.3) is 5.91 Å². The Morgan fingerprint density at radius 3 is 2.45 bits per heavy atom. The smallest absolute Gasteiger partial charge is 0.256 e. The van der Waals surface area contributed by atoms with Crippen molar-refractivity contribution in [3.63, 3.8) is 0 Å². The highest BCUT2D eigenvalue weighted by Crippen LogP contribution is 2.35. The van der Waals surface area contributed by atoms with Crippen molar-refractivity contribution >= 4 is 34.8 Å². The summed E-state index contributed by atoms with van der Waals surface area (Å²) < 4.78 is 5.17. The normalized spacial score (nSPS) is 17.1. The van der Waals surface area contributed by atoms with Gasteiger partial charge in [-0.3, -0.25) is 9.69 Å². The highest BCUT2D eigenvalue weighted by atomic mass is 35.5. The summed E-state index contributed by atoms with van der Waals surface area (Å²) in [6, 6.07) is 11.7. The van der Waals surface area contributed by atoms with Gasteiger partial charge in [0, 0.05) is 63.6 Å². The number of hydrogen-bond donors (Lipinski definition) is 0. The first-order valence-corrected chi connectivity index (χ1v) is 10.6. The van der Waals surface area contributed by atoms with E-state index in [0.29, 0.717) is 28.7 Å². The predicted molar refractivity (Wildman–Crippen MR) is 117 cm³/mol. The van der Waals surface area contributed by atoms with Crippen LogP contribution < -0.4 is 4.90 Å². The molecule has 2 aromatic carbocycles. The van der Waals surface area contributed by atoms with E-state index >= 15 is 0 Å². The van der Waals surface area contributed by atoms with E-state index in [1.54, 1.807) is 7.11 Å². The van der Waals surface area contributed by atoms with Crippen LogP contribution in [0.15, 0.2) is 36.4 Å². The maximum absolute atomic E-state index is 12.9. The molecule has 1 fully saturated rings. The number of halogens is 2. The number of carbonyl (C=O) groups excluding carboxylic acids is 1. The summed E-state index contributed by atoms with van der Waals surface area (Å²) in [6.45, 7) is 6.74.